The van der Waals surface area contributed by atoms with Gasteiger partial charge in [-0.05, 0) is 6.07 Å². The van der Waals surface area contributed by atoms with Crippen LogP contribution in [0.4, 0.5) is 9.18 Å². The maximum Gasteiger partial charge on any atom is 0.317 e. The van der Waals surface area contributed by atoms with E-state index in [0.717, 1.165) is 0 Å². The standard InChI is InChI=1S/C13H17FN2O4/c1-16(6-5-12(17)18)13(19)15-8-9-3-4-10(20-2)7-11(9)14/h3-4,7H,5-6,8H2,1-2H3,(H,15,19)(H,17,18). The van der Waals surface area contributed by atoms with Crippen molar-refractivity contribution in [1.82, 2.24) is 10.2 Å². The lowest BCUT2D eigenvalue weighted by Crippen LogP contribution is -2.38. The third-order valence-corrected chi connectivity index (χ3v) is 2.70. The van der Waals surface area contributed by atoms with E-state index in [0.29, 0.717) is 11.3 Å². The third kappa shape index (κ3) is 4.75. The molecule has 1 aromatic carbocycles. The number of hydrogen-bond donors (Lipinski definition) is 2. The Morgan fingerprint density at radius 1 is 1.45 bits per heavy atom. The average molecular weight is 284 g/mol. The van der Waals surface area contributed by atoms with E-state index in [1.165, 1.54) is 31.2 Å². The molecule has 0 heterocycles. The van der Waals surface area contributed by atoms with E-state index in [4.69, 9.17) is 9.84 Å². The van der Waals surface area contributed by atoms with Crippen LogP contribution in [0, 0.1) is 5.82 Å². The molecule has 2 N–H and O–H groups in total. The number of carboxylic acids is 1. The molecule has 0 unspecified atom stereocenters. The van der Waals surface area contributed by atoms with Gasteiger partial charge in [0.15, 0.2) is 0 Å². The number of carbonyl (C=O) groups excluding carboxylic acids is 1. The highest BCUT2D eigenvalue weighted by atomic mass is 19.1. The summed E-state index contributed by atoms with van der Waals surface area (Å²) in [5, 5.41) is 11.0. The van der Waals surface area contributed by atoms with Crippen molar-refractivity contribution in [3.63, 3.8) is 0 Å². The number of urea groups is 1. The van der Waals surface area contributed by atoms with Crippen LogP contribution in [0.3, 0.4) is 0 Å². The van der Waals surface area contributed by atoms with Gasteiger partial charge in [0, 0.05) is 31.8 Å². The Morgan fingerprint density at radius 2 is 2.15 bits per heavy atom. The molecule has 0 atom stereocenters. The predicted octanol–water partition coefficient (Wildman–Crippen LogP) is 1.45. The molecule has 110 valence electrons. The number of methoxy groups -OCH3 is 1. The molecule has 2 amide bonds. The van der Waals surface area contributed by atoms with Crippen LogP contribution in [0.25, 0.3) is 0 Å². The first-order valence-corrected chi connectivity index (χ1v) is 5.97. The Hall–Kier alpha value is -2.31. The summed E-state index contributed by atoms with van der Waals surface area (Å²) < 4.78 is 18.5. The fraction of sp³-hybridized carbons (Fsp3) is 0.385. The number of aliphatic carboxylic acids is 1. The zero-order chi connectivity index (χ0) is 15.1. The fourth-order valence-corrected chi connectivity index (χ4v) is 1.47. The number of nitrogens with zero attached hydrogens (tertiary/aromatic N) is 1. The summed E-state index contributed by atoms with van der Waals surface area (Å²) in [6, 6.07) is 3.89. The zero-order valence-electron chi connectivity index (χ0n) is 11.4. The first-order valence-electron chi connectivity index (χ1n) is 5.97. The summed E-state index contributed by atoms with van der Waals surface area (Å²) in [7, 11) is 2.91. The zero-order valence-corrected chi connectivity index (χ0v) is 11.4. The summed E-state index contributed by atoms with van der Waals surface area (Å²) in [6.07, 6.45) is -0.138. The van der Waals surface area contributed by atoms with Gasteiger partial charge in [-0.1, -0.05) is 6.07 Å². The van der Waals surface area contributed by atoms with E-state index in [2.05, 4.69) is 5.32 Å². The summed E-state index contributed by atoms with van der Waals surface area (Å²) >= 11 is 0. The second-order valence-corrected chi connectivity index (χ2v) is 4.18. The first-order chi connectivity index (χ1) is 9.43. The van der Waals surface area contributed by atoms with E-state index in [-0.39, 0.29) is 19.5 Å². The lowest BCUT2D eigenvalue weighted by atomic mass is 10.2. The third-order valence-electron chi connectivity index (χ3n) is 2.70. The number of carbonyl (C=O) groups is 2. The van der Waals surface area contributed by atoms with Crippen LogP contribution < -0.4 is 10.1 Å². The van der Waals surface area contributed by atoms with E-state index in [9.17, 15) is 14.0 Å². The van der Waals surface area contributed by atoms with Gasteiger partial charge in [-0.25, -0.2) is 9.18 Å². The Kier molecular flexibility index (Phi) is 5.76. The van der Waals surface area contributed by atoms with Crippen molar-refractivity contribution in [3.05, 3.63) is 29.6 Å². The van der Waals surface area contributed by atoms with Gasteiger partial charge in [0.1, 0.15) is 11.6 Å². The van der Waals surface area contributed by atoms with Gasteiger partial charge in [0.25, 0.3) is 0 Å². The van der Waals surface area contributed by atoms with Crippen molar-refractivity contribution in [1.29, 1.82) is 0 Å². The second kappa shape index (κ2) is 7.32. The molecule has 0 aliphatic rings. The number of nitrogens with one attached hydrogen (secondary N) is 1. The maximum absolute atomic E-state index is 13.6. The van der Waals surface area contributed by atoms with Crippen LogP contribution in [-0.4, -0.2) is 42.7 Å². The fourth-order valence-electron chi connectivity index (χ4n) is 1.47. The lowest BCUT2D eigenvalue weighted by molar-refractivity contribution is -0.137. The summed E-state index contributed by atoms with van der Waals surface area (Å²) in [5.41, 5.74) is 0.325. The van der Waals surface area contributed by atoms with E-state index < -0.39 is 17.8 Å². The molecule has 6 nitrogen and oxygen atoms in total. The topological polar surface area (TPSA) is 78.9 Å². The van der Waals surface area contributed by atoms with Crippen LogP contribution in [0.2, 0.25) is 0 Å². The summed E-state index contributed by atoms with van der Waals surface area (Å²) in [6.45, 7) is 0.109. The molecule has 0 bridgehead atoms. The maximum atomic E-state index is 13.6. The molecule has 0 fully saturated rings. The van der Waals surface area contributed by atoms with Gasteiger partial charge in [0.2, 0.25) is 0 Å². The smallest absolute Gasteiger partial charge is 0.317 e. The number of carboxylic acid groups (broad SMARTS) is 1. The monoisotopic (exact) mass is 284 g/mol. The number of halogens is 1. The van der Waals surface area contributed by atoms with E-state index >= 15 is 0 Å². The van der Waals surface area contributed by atoms with Crippen molar-refractivity contribution in [2.75, 3.05) is 20.7 Å². The Morgan fingerprint density at radius 3 is 2.70 bits per heavy atom. The Bertz CT molecular complexity index is 493. The highest BCUT2D eigenvalue weighted by Gasteiger charge is 2.11. The van der Waals surface area contributed by atoms with Crippen LogP contribution in [0.1, 0.15) is 12.0 Å². The molecule has 0 saturated heterocycles. The van der Waals surface area contributed by atoms with Crippen molar-refractivity contribution >= 4 is 12.0 Å². The molecule has 1 aromatic rings. The number of amides is 2. The molecule has 0 radical (unpaired) electrons. The Labute approximate surface area is 116 Å². The van der Waals surface area contributed by atoms with Crippen molar-refractivity contribution < 1.29 is 23.8 Å². The normalized spacial score (nSPS) is 9.95. The molecule has 0 saturated carbocycles. The number of ether oxygens (including phenoxy) is 1. The van der Waals surface area contributed by atoms with Gasteiger partial charge in [-0.3, -0.25) is 4.79 Å². The molecular formula is C13H17FN2O4. The molecule has 7 heteroatoms. The molecule has 0 aliphatic carbocycles. The van der Waals surface area contributed by atoms with E-state index in [1.54, 1.807) is 6.07 Å². The summed E-state index contributed by atoms with van der Waals surface area (Å²) in [5.74, 6) is -1.06. The van der Waals surface area contributed by atoms with Gasteiger partial charge in [0.05, 0.1) is 13.5 Å². The molecule has 0 spiro atoms. The highest BCUT2D eigenvalue weighted by molar-refractivity contribution is 5.75. The van der Waals surface area contributed by atoms with Crippen molar-refractivity contribution in [3.8, 4) is 5.75 Å². The van der Waals surface area contributed by atoms with Gasteiger partial charge in [-0.2, -0.15) is 0 Å². The SMILES string of the molecule is COc1ccc(CNC(=O)N(C)CCC(=O)O)c(F)c1. The molecule has 0 aliphatic heterocycles. The molecule has 1 rings (SSSR count). The lowest BCUT2D eigenvalue weighted by Gasteiger charge is -2.17. The minimum atomic E-state index is -0.981. The molecule has 0 aromatic heterocycles. The average Bonchev–Trinajstić information content (AvgIpc) is 2.42. The quantitative estimate of drug-likeness (QED) is 0.828. The van der Waals surface area contributed by atoms with Crippen LogP contribution in [0.15, 0.2) is 18.2 Å². The minimum absolute atomic E-state index is 0.0199. The van der Waals surface area contributed by atoms with Crippen molar-refractivity contribution in [2.45, 2.75) is 13.0 Å². The number of hydrogen-bond acceptors (Lipinski definition) is 3. The summed E-state index contributed by atoms with van der Waals surface area (Å²) in [4.78, 5) is 23.3. The van der Waals surface area contributed by atoms with Gasteiger partial charge in [-0.15, -0.1) is 0 Å². The Balaban J connectivity index is 2.50. The van der Waals surface area contributed by atoms with Gasteiger partial charge >= 0.3 is 12.0 Å². The molecular weight excluding hydrogens is 267 g/mol. The van der Waals surface area contributed by atoms with E-state index in [1.807, 2.05) is 0 Å². The second-order valence-electron chi connectivity index (χ2n) is 4.18. The predicted molar refractivity (Wildman–Crippen MR) is 70.1 cm³/mol. The van der Waals surface area contributed by atoms with Gasteiger partial charge < -0.3 is 20.1 Å². The first kappa shape index (κ1) is 15.7. The number of benzene rings is 1. The molecule has 20 heavy (non-hydrogen) atoms. The van der Waals surface area contributed by atoms with Crippen LogP contribution in [0.5, 0.6) is 5.75 Å². The van der Waals surface area contributed by atoms with Crippen LogP contribution >= 0.6 is 0 Å². The largest absolute Gasteiger partial charge is 0.497 e. The number of rotatable bonds is 6. The van der Waals surface area contributed by atoms with Crippen LogP contribution in [-0.2, 0) is 11.3 Å². The minimum Gasteiger partial charge on any atom is -0.497 e. The highest BCUT2D eigenvalue weighted by Crippen LogP contribution is 2.15. The van der Waals surface area contributed by atoms with Crippen molar-refractivity contribution in [2.24, 2.45) is 0 Å².